The lowest BCUT2D eigenvalue weighted by Crippen LogP contribution is -2.45. The lowest BCUT2D eigenvalue weighted by molar-refractivity contribution is -0.141. The Labute approximate surface area is 202 Å². The third-order valence-electron chi connectivity index (χ3n) is 5.33. The molecule has 184 valence electrons. The number of likely N-dealkylation sites (tertiary alicyclic amines) is 1. The van der Waals surface area contributed by atoms with Gasteiger partial charge in [0.25, 0.3) is 5.91 Å². The van der Waals surface area contributed by atoms with E-state index in [1.165, 1.54) is 7.05 Å². The topological polar surface area (TPSA) is 110 Å². The Morgan fingerprint density at radius 1 is 1.44 bits per heavy atom. The molecule has 0 unspecified atom stereocenters. The maximum absolute atomic E-state index is 13.1. The normalized spacial score (nSPS) is 16.1. The van der Waals surface area contributed by atoms with Gasteiger partial charge in [0.1, 0.15) is 28.5 Å². The van der Waals surface area contributed by atoms with Gasteiger partial charge >= 0.3 is 11.0 Å². The Morgan fingerprint density at radius 2 is 2.12 bits per heavy atom. The standard InChI is InChI=1S/C21H22ClF3N4O4S/c1-28(19(31)17-18(21(23,24)25)27-20(32)34-17)10-13(30)11-29-6-4-14(5-7-29)33-15-3-2-12(9-26)16(22)8-15/h2-3,8,13-14,30H,4-7,10-11H2,1H3,(H,27,32)/t13-/m1/s1. The second kappa shape index (κ2) is 10.8. The van der Waals surface area contributed by atoms with Crippen LogP contribution in [0.5, 0.6) is 5.75 Å². The van der Waals surface area contributed by atoms with E-state index in [0.717, 1.165) is 4.90 Å². The first-order valence-corrected chi connectivity index (χ1v) is 11.5. The highest BCUT2D eigenvalue weighted by atomic mass is 35.5. The number of nitrogens with zero attached hydrogens (tertiary/aromatic N) is 3. The Bertz CT molecular complexity index is 1120. The Kier molecular flexibility index (Phi) is 8.25. The van der Waals surface area contributed by atoms with Gasteiger partial charge in [-0.2, -0.15) is 18.4 Å². The molecule has 1 amide bonds. The first-order chi connectivity index (χ1) is 16.0. The van der Waals surface area contributed by atoms with Crippen molar-refractivity contribution in [2.24, 2.45) is 0 Å². The zero-order chi connectivity index (χ0) is 25.0. The molecule has 0 bridgehead atoms. The van der Waals surface area contributed by atoms with E-state index >= 15 is 0 Å². The molecular weight excluding hydrogens is 497 g/mol. The van der Waals surface area contributed by atoms with Gasteiger partial charge in [-0.15, -0.1) is 0 Å². The molecule has 34 heavy (non-hydrogen) atoms. The fraction of sp³-hybridized carbons (Fsp3) is 0.476. The minimum absolute atomic E-state index is 0.0706. The zero-order valence-corrected chi connectivity index (χ0v) is 19.6. The van der Waals surface area contributed by atoms with Gasteiger partial charge < -0.3 is 24.6 Å². The van der Waals surface area contributed by atoms with Crippen LogP contribution in [-0.2, 0) is 6.18 Å². The fourth-order valence-corrected chi connectivity index (χ4v) is 4.73. The number of carbonyl (C=O) groups is 1. The zero-order valence-electron chi connectivity index (χ0n) is 18.1. The predicted molar refractivity (Wildman–Crippen MR) is 119 cm³/mol. The number of likely N-dealkylation sites (N-methyl/N-ethyl adjacent to an activating group) is 1. The second-order valence-corrected chi connectivity index (χ2v) is 9.32. The van der Waals surface area contributed by atoms with Crippen LogP contribution in [0.4, 0.5) is 13.2 Å². The van der Waals surface area contributed by atoms with E-state index < -0.39 is 33.6 Å². The van der Waals surface area contributed by atoms with Crippen molar-refractivity contribution < 1.29 is 27.8 Å². The molecule has 0 saturated carbocycles. The number of aliphatic hydroxyl groups is 1. The van der Waals surface area contributed by atoms with Crippen molar-refractivity contribution in [2.45, 2.75) is 31.2 Å². The fourth-order valence-electron chi connectivity index (χ4n) is 3.67. The number of ether oxygens (including phenoxy) is 1. The number of β-amino-alcohol motifs (C(OH)–C–C–N with tert-alkyl or cyclic N) is 1. The van der Waals surface area contributed by atoms with E-state index in [2.05, 4.69) is 0 Å². The summed E-state index contributed by atoms with van der Waals surface area (Å²) >= 11 is 6.22. The summed E-state index contributed by atoms with van der Waals surface area (Å²) < 4.78 is 45.1. The van der Waals surface area contributed by atoms with Gasteiger partial charge in [0.15, 0.2) is 0 Å². The van der Waals surface area contributed by atoms with Crippen LogP contribution in [-0.4, -0.2) is 71.2 Å². The highest BCUT2D eigenvalue weighted by Gasteiger charge is 2.39. The SMILES string of the molecule is CN(C[C@@H](O)CN1CCC(Oc2ccc(C#N)c(Cl)c2)CC1)C(=O)c1sc(=O)[nH]c1C(F)(F)F. The average Bonchev–Trinajstić information content (AvgIpc) is 3.17. The summed E-state index contributed by atoms with van der Waals surface area (Å²) in [6.45, 7) is 1.26. The van der Waals surface area contributed by atoms with E-state index in [0.29, 0.717) is 42.3 Å². The van der Waals surface area contributed by atoms with Crippen LogP contribution in [0.1, 0.15) is 33.8 Å². The summed E-state index contributed by atoms with van der Waals surface area (Å²) in [4.78, 5) is 26.7. The number of benzene rings is 1. The van der Waals surface area contributed by atoms with Crippen LogP contribution < -0.4 is 9.61 Å². The van der Waals surface area contributed by atoms with Crippen molar-refractivity contribution >= 4 is 28.8 Å². The van der Waals surface area contributed by atoms with Crippen molar-refractivity contribution in [2.75, 3.05) is 33.2 Å². The van der Waals surface area contributed by atoms with Gasteiger partial charge in [-0.1, -0.05) is 22.9 Å². The van der Waals surface area contributed by atoms with Crippen LogP contribution in [0.2, 0.25) is 5.02 Å². The van der Waals surface area contributed by atoms with Crippen LogP contribution in [0, 0.1) is 11.3 Å². The molecule has 2 aromatic rings. The highest BCUT2D eigenvalue weighted by molar-refractivity contribution is 7.11. The molecule has 1 saturated heterocycles. The molecule has 1 aromatic heterocycles. The van der Waals surface area contributed by atoms with E-state index in [-0.39, 0.29) is 30.5 Å². The molecule has 3 rings (SSSR count). The molecule has 1 fully saturated rings. The van der Waals surface area contributed by atoms with E-state index in [4.69, 9.17) is 21.6 Å². The number of amides is 1. The van der Waals surface area contributed by atoms with E-state index in [9.17, 15) is 27.9 Å². The molecular formula is C21H22ClF3N4O4S. The first kappa shape index (κ1) is 26.0. The Morgan fingerprint density at radius 3 is 2.71 bits per heavy atom. The number of hydrogen-bond donors (Lipinski definition) is 2. The highest BCUT2D eigenvalue weighted by Crippen LogP contribution is 2.32. The van der Waals surface area contributed by atoms with Gasteiger partial charge in [0.05, 0.1) is 16.7 Å². The maximum atomic E-state index is 13.1. The number of aromatic nitrogens is 1. The second-order valence-electron chi connectivity index (χ2n) is 7.93. The summed E-state index contributed by atoms with van der Waals surface area (Å²) in [7, 11) is 1.28. The third kappa shape index (κ3) is 6.50. The third-order valence-corrected chi connectivity index (χ3v) is 6.51. The number of carbonyl (C=O) groups excluding carboxylic acids is 1. The van der Waals surface area contributed by atoms with Gasteiger partial charge in [-0.25, -0.2) is 0 Å². The van der Waals surface area contributed by atoms with Gasteiger partial charge in [-0.05, 0) is 25.0 Å². The molecule has 1 aliphatic heterocycles. The molecule has 0 radical (unpaired) electrons. The molecule has 1 aliphatic rings. The number of nitriles is 1. The van der Waals surface area contributed by atoms with Gasteiger partial charge in [-0.3, -0.25) is 9.59 Å². The monoisotopic (exact) mass is 518 g/mol. The number of hydrogen-bond acceptors (Lipinski definition) is 7. The van der Waals surface area contributed by atoms with E-state index in [1.807, 2.05) is 11.0 Å². The molecule has 13 heteroatoms. The molecule has 1 atom stereocenters. The predicted octanol–water partition coefficient (Wildman–Crippen LogP) is 2.96. The lowest BCUT2D eigenvalue weighted by Gasteiger charge is -2.34. The summed E-state index contributed by atoms with van der Waals surface area (Å²) in [6, 6.07) is 6.84. The smallest absolute Gasteiger partial charge is 0.432 e. The minimum Gasteiger partial charge on any atom is -0.490 e. The average molecular weight is 519 g/mol. The van der Waals surface area contributed by atoms with Crippen molar-refractivity contribution in [1.82, 2.24) is 14.8 Å². The number of alkyl halides is 3. The van der Waals surface area contributed by atoms with Crippen molar-refractivity contribution in [3.63, 3.8) is 0 Å². The van der Waals surface area contributed by atoms with E-state index in [1.54, 1.807) is 23.2 Å². The minimum atomic E-state index is -4.86. The van der Waals surface area contributed by atoms with Crippen LogP contribution in [0.25, 0.3) is 0 Å². The number of thiazole rings is 1. The van der Waals surface area contributed by atoms with Crippen molar-refractivity contribution in [3.8, 4) is 11.8 Å². The summed E-state index contributed by atoms with van der Waals surface area (Å²) in [6.07, 6.45) is -4.58. The number of rotatable bonds is 7. The Balaban J connectivity index is 1.48. The quantitative estimate of drug-likeness (QED) is 0.583. The number of halogens is 4. The van der Waals surface area contributed by atoms with Crippen LogP contribution in [0.15, 0.2) is 23.0 Å². The molecule has 0 aliphatic carbocycles. The number of aliphatic hydroxyl groups excluding tert-OH is 1. The molecule has 2 heterocycles. The summed E-state index contributed by atoms with van der Waals surface area (Å²) in [5.41, 5.74) is -1.01. The van der Waals surface area contributed by atoms with Gasteiger partial charge in [0, 0.05) is 39.3 Å². The summed E-state index contributed by atoms with van der Waals surface area (Å²) in [5.74, 6) is -0.421. The lowest BCUT2D eigenvalue weighted by atomic mass is 10.1. The molecule has 0 spiro atoms. The number of piperidine rings is 1. The van der Waals surface area contributed by atoms with Crippen molar-refractivity contribution in [1.29, 1.82) is 5.26 Å². The summed E-state index contributed by atoms with van der Waals surface area (Å²) in [5, 5.41) is 19.6. The number of nitrogens with one attached hydrogen (secondary N) is 1. The molecule has 8 nitrogen and oxygen atoms in total. The molecule has 2 N–H and O–H groups in total. The van der Waals surface area contributed by atoms with Crippen LogP contribution in [0.3, 0.4) is 0 Å². The Hall–Kier alpha value is -2.59. The molecule has 1 aromatic carbocycles. The van der Waals surface area contributed by atoms with Crippen LogP contribution >= 0.6 is 22.9 Å². The largest absolute Gasteiger partial charge is 0.490 e. The maximum Gasteiger partial charge on any atom is 0.432 e. The van der Waals surface area contributed by atoms with Crippen molar-refractivity contribution in [3.05, 3.63) is 49.0 Å². The van der Waals surface area contributed by atoms with Gasteiger partial charge in [0.2, 0.25) is 0 Å². The number of H-pyrrole nitrogens is 1. The first-order valence-electron chi connectivity index (χ1n) is 10.3. The number of aromatic amines is 1.